The van der Waals surface area contributed by atoms with Crippen molar-refractivity contribution in [2.24, 2.45) is 5.92 Å². The lowest BCUT2D eigenvalue weighted by Crippen LogP contribution is -2.37. The van der Waals surface area contributed by atoms with Crippen LogP contribution >= 0.6 is 11.8 Å². The number of thioether (sulfide) groups is 1. The van der Waals surface area contributed by atoms with Gasteiger partial charge in [-0.2, -0.15) is 11.8 Å². The molecule has 4 heterocycles. The molecule has 0 bridgehead atoms. The first-order valence-electron chi connectivity index (χ1n) is 8.51. The van der Waals surface area contributed by atoms with Crippen LogP contribution in [-0.4, -0.2) is 38.6 Å². The zero-order chi connectivity index (χ0) is 14.8. The number of nitrogens with zero attached hydrogens (tertiary/aromatic N) is 3. The number of rotatable bonds is 4. The Morgan fingerprint density at radius 2 is 2.32 bits per heavy atom. The number of nitrogens with one attached hydrogen (secondary N) is 1. The van der Waals surface area contributed by atoms with E-state index in [1.807, 2.05) is 12.3 Å². The van der Waals surface area contributed by atoms with Crippen molar-refractivity contribution in [3.05, 3.63) is 24.2 Å². The van der Waals surface area contributed by atoms with Crippen molar-refractivity contribution in [1.29, 1.82) is 0 Å². The maximum Gasteiger partial charge on any atom is 0.160 e. The van der Waals surface area contributed by atoms with E-state index in [0.29, 0.717) is 6.04 Å². The van der Waals surface area contributed by atoms with Gasteiger partial charge in [-0.1, -0.05) is 6.42 Å². The highest BCUT2D eigenvalue weighted by molar-refractivity contribution is 7.99. The van der Waals surface area contributed by atoms with Crippen LogP contribution in [0.5, 0.6) is 0 Å². The molecular weight excluding hydrogens is 292 g/mol. The largest absolute Gasteiger partial charge is 0.312 e. The van der Waals surface area contributed by atoms with E-state index in [1.54, 1.807) is 0 Å². The third-order valence-electron chi connectivity index (χ3n) is 4.89. The molecule has 5 heteroatoms. The Hall–Kier alpha value is -1.07. The molecule has 118 valence electrons. The molecule has 0 aliphatic carbocycles. The molecule has 2 aliphatic rings. The predicted molar refractivity (Wildman–Crippen MR) is 92.3 cm³/mol. The van der Waals surface area contributed by atoms with Crippen molar-refractivity contribution < 1.29 is 0 Å². The molecule has 2 atom stereocenters. The Morgan fingerprint density at radius 3 is 3.14 bits per heavy atom. The van der Waals surface area contributed by atoms with Crippen molar-refractivity contribution in [2.45, 2.75) is 44.7 Å². The maximum absolute atomic E-state index is 4.91. The van der Waals surface area contributed by atoms with E-state index in [1.165, 1.54) is 43.0 Å². The molecule has 2 aliphatic heterocycles. The minimum atomic E-state index is 0.574. The van der Waals surface area contributed by atoms with Crippen LogP contribution < -0.4 is 5.32 Å². The van der Waals surface area contributed by atoms with Crippen LogP contribution in [0.3, 0.4) is 0 Å². The standard InChI is InChI=1S/C17H24N4S/c1-2-7-18-14(4-1)11-21-16(10-13-6-9-22-12-13)20-15-5-3-8-19-17(15)21/h3,5,8,13-14,18H,1-2,4,6-7,9-12H2. The summed E-state index contributed by atoms with van der Waals surface area (Å²) in [5.74, 6) is 4.64. The Bertz CT molecular complexity index is 627. The van der Waals surface area contributed by atoms with Crippen LogP contribution in [0, 0.1) is 5.92 Å². The summed E-state index contributed by atoms with van der Waals surface area (Å²) in [4.78, 5) is 9.51. The fraction of sp³-hybridized carbons (Fsp3) is 0.647. The number of fused-ring (bicyclic) bond motifs is 1. The van der Waals surface area contributed by atoms with Gasteiger partial charge in [0, 0.05) is 25.2 Å². The molecule has 2 unspecified atom stereocenters. The minimum absolute atomic E-state index is 0.574. The quantitative estimate of drug-likeness (QED) is 0.942. The third-order valence-corrected chi connectivity index (χ3v) is 6.12. The van der Waals surface area contributed by atoms with Gasteiger partial charge in [0.05, 0.1) is 0 Å². The lowest BCUT2D eigenvalue weighted by molar-refractivity contribution is 0.360. The molecule has 4 rings (SSSR count). The molecule has 2 aromatic rings. The lowest BCUT2D eigenvalue weighted by atomic mass is 10.0. The van der Waals surface area contributed by atoms with Gasteiger partial charge in [-0.25, -0.2) is 9.97 Å². The van der Waals surface area contributed by atoms with Crippen molar-refractivity contribution in [2.75, 3.05) is 18.1 Å². The van der Waals surface area contributed by atoms with Crippen LogP contribution in [0.15, 0.2) is 18.3 Å². The molecule has 4 nitrogen and oxygen atoms in total. The van der Waals surface area contributed by atoms with Crippen molar-refractivity contribution in [1.82, 2.24) is 19.9 Å². The summed E-state index contributed by atoms with van der Waals surface area (Å²) in [5, 5.41) is 3.66. The van der Waals surface area contributed by atoms with E-state index < -0.39 is 0 Å². The van der Waals surface area contributed by atoms with Crippen molar-refractivity contribution in [3.8, 4) is 0 Å². The molecule has 0 spiro atoms. The van der Waals surface area contributed by atoms with E-state index in [4.69, 9.17) is 4.98 Å². The van der Waals surface area contributed by atoms with Gasteiger partial charge in [0.2, 0.25) is 0 Å². The summed E-state index contributed by atoms with van der Waals surface area (Å²) >= 11 is 2.08. The zero-order valence-electron chi connectivity index (χ0n) is 13.0. The topological polar surface area (TPSA) is 42.7 Å². The summed E-state index contributed by atoms with van der Waals surface area (Å²) < 4.78 is 2.39. The van der Waals surface area contributed by atoms with Gasteiger partial charge in [0.25, 0.3) is 0 Å². The van der Waals surface area contributed by atoms with Crippen LogP contribution in [0.1, 0.15) is 31.5 Å². The van der Waals surface area contributed by atoms with Crippen LogP contribution in [0.4, 0.5) is 0 Å². The van der Waals surface area contributed by atoms with Crippen molar-refractivity contribution >= 4 is 22.9 Å². The smallest absolute Gasteiger partial charge is 0.160 e. The van der Waals surface area contributed by atoms with Crippen LogP contribution in [0.2, 0.25) is 0 Å². The van der Waals surface area contributed by atoms with Gasteiger partial charge in [-0.3, -0.25) is 0 Å². The first-order chi connectivity index (χ1) is 10.9. The number of aromatic nitrogens is 3. The van der Waals surface area contributed by atoms with Gasteiger partial charge in [0.1, 0.15) is 11.3 Å². The number of hydrogen-bond donors (Lipinski definition) is 1. The summed E-state index contributed by atoms with van der Waals surface area (Å²) in [6.07, 6.45) is 8.26. The number of pyridine rings is 1. The number of piperidine rings is 1. The predicted octanol–water partition coefficient (Wildman–Crippen LogP) is 2.87. The number of hydrogen-bond acceptors (Lipinski definition) is 4. The molecule has 0 saturated carbocycles. The highest BCUT2D eigenvalue weighted by atomic mass is 32.2. The second-order valence-electron chi connectivity index (χ2n) is 6.57. The molecule has 2 saturated heterocycles. The fourth-order valence-corrected chi connectivity index (χ4v) is 4.94. The molecule has 2 aromatic heterocycles. The Morgan fingerprint density at radius 1 is 1.32 bits per heavy atom. The highest BCUT2D eigenvalue weighted by Crippen LogP contribution is 2.27. The molecule has 0 amide bonds. The third kappa shape index (κ3) is 3.01. The van der Waals surface area contributed by atoms with Crippen LogP contribution in [-0.2, 0) is 13.0 Å². The molecular formula is C17H24N4S. The van der Waals surface area contributed by atoms with E-state index in [0.717, 1.165) is 36.6 Å². The summed E-state index contributed by atoms with van der Waals surface area (Å²) in [7, 11) is 0. The Kier molecular flexibility index (Phi) is 4.35. The highest BCUT2D eigenvalue weighted by Gasteiger charge is 2.22. The molecule has 22 heavy (non-hydrogen) atoms. The SMILES string of the molecule is c1cnc2c(c1)nc(CC1CCSC1)n2CC1CCCCN1. The number of imidazole rings is 1. The maximum atomic E-state index is 4.91. The first-order valence-corrected chi connectivity index (χ1v) is 9.67. The van der Waals surface area contributed by atoms with E-state index in [-0.39, 0.29) is 0 Å². The summed E-state index contributed by atoms with van der Waals surface area (Å²) in [6.45, 7) is 2.17. The monoisotopic (exact) mass is 316 g/mol. The fourth-order valence-electron chi connectivity index (χ4n) is 3.66. The molecule has 0 aromatic carbocycles. The van der Waals surface area contributed by atoms with Crippen LogP contribution in [0.25, 0.3) is 11.2 Å². The van der Waals surface area contributed by atoms with Gasteiger partial charge >= 0.3 is 0 Å². The first kappa shape index (κ1) is 14.5. The van der Waals surface area contributed by atoms with Gasteiger partial charge in [-0.15, -0.1) is 0 Å². The van der Waals surface area contributed by atoms with Crippen molar-refractivity contribution in [3.63, 3.8) is 0 Å². The normalized spacial score (nSPS) is 25.8. The second-order valence-corrected chi connectivity index (χ2v) is 7.72. The van der Waals surface area contributed by atoms with Gasteiger partial charge in [-0.05, 0) is 55.4 Å². The van der Waals surface area contributed by atoms with E-state index in [9.17, 15) is 0 Å². The molecule has 1 N–H and O–H groups in total. The van der Waals surface area contributed by atoms with E-state index >= 15 is 0 Å². The average Bonchev–Trinajstić information content (AvgIpc) is 3.18. The summed E-state index contributed by atoms with van der Waals surface area (Å²) in [6, 6.07) is 4.66. The minimum Gasteiger partial charge on any atom is -0.312 e. The van der Waals surface area contributed by atoms with Gasteiger partial charge in [0.15, 0.2) is 5.65 Å². The molecule has 2 fully saturated rings. The summed E-state index contributed by atoms with van der Waals surface area (Å²) in [5.41, 5.74) is 2.12. The lowest BCUT2D eigenvalue weighted by Gasteiger charge is -2.25. The van der Waals surface area contributed by atoms with Gasteiger partial charge < -0.3 is 9.88 Å². The average molecular weight is 316 g/mol. The Labute approximate surface area is 136 Å². The second kappa shape index (κ2) is 6.59. The van der Waals surface area contributed by atoms with E-state index in [2.05, 4.69) is 32.7 Å². The zero-order valence-corrected chi connectivity index (χ0v) is 13.8. The molecule has 0 radical (unpaired) electrons. The Balaban J connectivity index is 1.63.